The molecule has 0 aliphatic rings. The number of nitrogens with one attached hydrogen (secondary N) is 1. The Morgan fingerprint density at radius 2 is 2.00 bits per heavy atom. The van der Waals surface area contributed by atoms with Crippen molar-refractivity contribution in [3.05, 3.63) is 58.3 Å². The standard InChI is InChI=1S/C18H24N2OS/c1-3-20(14-17-10-7-13-22-17)18(21)19-12-11-15(2)16-8-5-4-6-9-16/h4-10,13,15H,3,11-12,14H2,1-2H3,(H,19,21). The second-order valence-electron chi connectivity index (χ2n) is 5.43. The number of thiophene rings is 1. The van der Waals surface area contributed by atoms with Gasteiger partial charge in [-0.25, -0.2) is 4.79 Å². The first-order valence-electron chi connectivity index (χ1n) is 7.80. The minimum Gasteiger partial charge on any atom is -0.338 e. The fraction of sp³-hybridized carbons (Fsp3) is 0.389. The Morgan fingerprint density at radius 1 is 1.23 bits per heavy atom. The van der Waals surface area contributed by atoms with Crippen molar-refractivity contribution in [2.75, 3.05) is 13.1 Å². The highest BCUT2D eigenvalue weighted by molar-refractivity contribution is 7.09. The summed E-state index contributed by atoms with van der Waals surface area (Å²) in [5.41, 5.74) is 1.32. The van der Waals surface area contributed by atoms with Gasteiger partial charge in [-0.05, 0) is 36.3 Å². The van der Waals surface area contributed by atoms with Crippen LogP contribution in [-0.2, 0) is 6.54 Å². The van der Waals surface area contributed by atoms with Crippen molar-refractivity contribution < 1.29 is 4.79 Å². The summed E-state index contributed by atoms with van der Waals surface area (Å²) in [5, 5.41) is 5.08. The van der Waals surface area contributed by atoms with Crippen molar-refractivity contribution in [1.82, 2.24) is 10.2 Å². The van der Waals surface area contributed by atoms with Crippen LogP contribution in [0, 0.1) is 0 Å². The van der Waals surface area contributed by atoms with Gasteiger partial charge in [0.05, 0.1) is 6.54 Å². The lowest BCUT2D eigenvalue weighted by atomic mass is 9.98. The molecular weight excluding hydrogens is 292 g/mol. The number of benzene rings is 1. The molecule has 0 saturated carbocycles. The number of rotatable bonds is 7. The summed E-state index contributed by atoms with van der Waals surface area (Å²) in [6.07, 6.45) is 0.951. The Balaban J connectivity index is 1.76. The summed E-state index contributed by atoms with van der Waals surface area (Å²) in [5.74, 6) is 0.453. The van der Waals surface area contributed by atoms with Gasteiger partial charge in [0, 0.05) is 18.0 Å². The summed E-state index contributed by atoms with van der Waals surface area (Å²) in [7, 11) is 0. The quantitative estimate of drug-likeness (QED) is 0.803. The lowest BCUT2D eigenvalue weighted by Crippen LogP contribution is -2.39. The van der Waals surface area contributed by atoms with Gasteiger partial charge in [-0.3, -0.25) is 0 Å². The normalized spacial score (nSPS) is 11.9. The average molecular weight is 316 g/mol. The SMILES string of the molecule is CCN(Cc1cccs1)C(=O)NCCC(C)c1ccccc1. The molecule has 1 unspecified atom stereocenters. The van der Waals surface area contributed by atoms with Crippen molar-refractivity contribution in [2.45, 2.75) is 32.7 Å². The molecule has 1 aromatic carbocycles. The van der Waals surface area contributed by atoms with E-state index in [0.717, 1.165) is 13.0 Å². The minimum atomic E-state index is 0.0242. The maximum Gasteiger partial charge on any atom is 0.317 e. The molecule has 1 atom stereocenters. The van der Waals surface area contributed by atoms with Crippen LogP contribution in [-0.4, -0.2) is 24.0 Å². The van der Waals surface area contributed by atoms with Gasteiger partial charge in [0.1, 0.15) is 0 Å². The number of amides is 2. The number of carbonyl (C=O) groups is 1. The molecule has 2 amide bonds. The Morgan fingerprint density at radius 3 is 2.64 bits per heavy atom. The van der Waals surface area contributed by atoms with E-state index in [1.54, 1.807) is 11.3 Å². The van der Waals surface area contributed by atoms with Gasteiger partial charge >= 0.3 is 6.03 Å². The first-order valence-corrected chi connectivity index (χ1v) is 8.68. The fourth-order valence-electron chi connectivity index (χ4n) is 2.37. The highest BCUT2D eigenvalue weighted by atomic mass is 32.1. The third kappa shape index (κ3) is 4.88. The monoisotopic (exact) mass is 316 g/mol. The number of urea groups is 1. The summed E-state index contributed by atoms with van der Waals surface area (Å²) in [6.45, 7) is 6.33. The van der Waals surface area contributed by atoms with Crippen molar-refractivity contribution in [1.29, 1.82) is 0 Å². The molecule has 0 aliphatic heterocycles. The van der Waals surface area contributed by atoms with Gasteiger partial charge in [0.25, 0.3) is 0 Å². The molecule has 2 aromatic rings. The van der Waals surface area contributed by atoms with E-state index in [4.69, 9.17) is 0 Å². The zero-order chi connectivity index (χ0) is 15.8. The Kier molecular flexibility index (Phi) is 6.46. The molecule has 1 N–H and O–H groups in total. The minimum absolute atomic E-state index is 0.0242. The number of hydrogen-bond donors (Lipinski definition) is 1. The van der Waals surface area contributed by atoms with Crippen LogP contribution in [0.25, 0.3) is 0 Å². The third-order valence-corrected chi connectivity index (χ3v) is 4.68. The van der Waals surface area contributed by atoms with Gasteiger partial charge in [-0.15, -0.1) is 11.3 Å². The van der Waals surface area contributed by atoms with Crippen molar-refractivity contribution >= 4 is 17.4 Å². The van der Waals surface area contributed by atoms with Crippen molar-refractivity contribution in [3.63, 3.8) is 0 Å². The van der Waals surface area contributed by atoms with E-state index in [9.17, 15) is 4.79 Å². The first-order chi connectivity index (χ1) is 10.7. The van der Waals surface area contributed by atoms with Crippen LogP contribution in [0.15, 0.2) is 47.8 Å². The predicted octanol–water partition coefficient (Wildman–Crippen LogP) is 4.47. The van der Waals surface area contributed by atoms with Gasteiger partial charge in [0.15, 0.2) is 0 Å². The number of carbonyl (C=O) groups excluding carboxylic acids is 1. The lowest BCUT2D eigenvalue weighted by molar-refractivity contribution is 0.198. The molecule has 0 bridgehead atoms. The highest BCUT2D eigenvalue weighted by Gasteiger charge is 2.12. The van der Waals surface area contributed by atoms with Gasteiger partial charge < -0.3 is 10.2 Å². The third-order valence-electron chi connectivity index (χ3n) is 3.82. The molecule has 0 spiro atoms. The molecule has 2 rings (SSSR count). The molecule has 0 saturated heterocycles. The van der Waals surface area contributed by atoms with Gasteiger partial charge in [0.2, 0.25) is 0 Å². The second-order valence-corrected chi connectivity index (χ2v) is 6.46. The summed E-state index contributed by atoms with van der Waals surface area (Å²) >= 11 is 1.69. The number of hydrogen-bond acceptors (Lipinski definition) is 2. The first kappa shape index (κ1) is 16.6. The molecule has 118 valence electrons. The van der Waals surface area contributed by atoms with Crippen LogP contribution < -0.4 is 5.32 Å². The molecule has 4 heteroatoms. The highest BCUT2D eigenvalue weighted by Crippen LogP contribution is 2.17. The molecule has 1 heterocycles. The van der Waals surface area contributed by atoms with Crippen molar-refractivity contribution in [3.8, 4) is 0 Å². The van der Waals surface area contributed by atoms with E-state index in [1.807, 2.05) is 29.3 Å². The van der Waals surface area contributed by atoms with E-state index in [-0.39, 0.29) is 6.03 Å². The van der Waals surface area contributed by atoms with Crippen molar-refractivity contribution in [2.24, 2.45) is 0 Å². The molecule has 22 heavy (non-hydrogen) atoms. The van der Waals surface area contributed by atoms with Crippen LogP contribution in [0.1, 0.15) is 36.6 Å². The Labute approximate surface area is 137 Å². The zero-order valence-electron chi connectivity index (χ0n) is 13.3. The average Bonchev–Trinajstić information content (AvgIpc) is 3.06. The van der Waals surface area contributed by atoms with Gasteiger partial charge in [-0.2, -0.15) is 0 Å². The summed E-state index contributed by atoms with van der Waals surface area (Å²) in [4.78, 5) is 15.3. The maximum atomic E-state index is 12.2. The Bertz CT molecular complexity index is 554. The largest absolute Gasteiger partial charge is 0.338 e. The van der Waals surface area contributed by atoms with E-state index in [0.29, 0.717) is 19.0 Å². The lowest BCUT2D eigenvalue weighted by Gasteiger charge is -2.21. The summed E-state index contributed by atoms with van der Waals surface area (Å²) < 4.78 is 0. The fourth-order valence-corrected chi connectivity index (χ4v) is 3.09. The van der Waals surface area contributed by atoms with Gasteiger partial charge in [-0.1, -0.05) is 43.3 Å². The molecule has 0 aliphatic carbocycles. The molecule has 0 radical (unpaired) electrons. The van der Waals surface area contributed by atoms with E-state index < -0.39 is 0 Å². The molecule has 1 aromatic heterocycles. The summed E-state index contributed by atoms with van der Waals surface area (Å²) in [6, 6.07) is 14.5. The van der Waals surface area contributed by atoms with Crippen LogP contribution in [0.2, 0.25) is 0 Å². The van der Waals surface area contributed by atoms with E-state index in [2.05, 4.69) is 42.6 Å². The van der Waals surface area contributed by atoms with Crippen LogP contribution in [0.5, 0.6) is 0 Å². The van der Waals surface area contributed by atoms with E-state index >= 15 is 0 Å². The van der Waals surface area contributed by atoms with Crippen LogP contribution in [0.4, 0.5) is 4.79 Å². The zero-order valence-corrected chi connectivity index (χ0v) is 14.1. The van der Waals surface area contributed by atoms with E-state index in [1.165, 1.54) is 10.4 Å². The topological polar surface area (TPSA) is 32.3 Å². The maximum absolute atomic E-state index is 12.2. The predicted molar refractivity (Wildman–Crippen MR) is 93.3 cm³/mol. The smallest absolute Gasteiger partial charge is 0.317 e. The van der Waals surface area contributed by atoms with Crippen LogP contribution >= 0.6 is 11.3 Å². The Hall–Kier alpha value is -1.81. The second kappa shape index (κ2) is 8.59. The van der Waals surface area contributed by atoms with Crippen LogP contribution in [0.3, 0.4) is 0 Å². The molecular formula is C18H24N2OS. The number of nitrogens with zero attached hydrogens (tertiary/aromatic N) is 1. The molecule has 0 fully saturated rings. The molecule has 3 nitrogen and oxygen atoms in total.